The third-order valence-corrected chi connectivity index (χ3v) is 5.23. The van der Waals surface area contributed by atoms with Gasteiger partial charge in [-0.25, -0.2) is 4.79 Å². The van der Waals surface area contributed by atoms with Crippen LogP contribution in [0.1, 0.15) is 51.0 Å². The molecular weight excluding hydrogens is 342 g/mol. The Morgan fingerprint density at radius 2 is 1.81 bits per heavy atom. The molecule has 6 heteroatoms. The molecule has 27 heavy (non-hydrogen) atoms. The van der Waals surface area contributed by atoms with Crippen molar-refractivity contribution in [3.63, 3.8) is 0 Å². The van der Waals surface area contributed by atoms with Crippen molar-refractivity contribution in [2.75, 3.05) is 19.6 Å². The van der Waals surface area contributed by atoms with E-state index in [4.69, 9.17) is 5.11 Å². The van der Waals surface area contributed by atoms with E-state index in [0.717, 1.165) is 25.1 Å². The molecule has 150 valence electrons. The number of aliphatic carboxylic acids is 1. The lowest BCUT2D eigenvalue weighted by atomic mass is 10.0. The molecule has 0 radical (unpaired) electrons. The number of carbonyl (C=O) groups excluding carboxylic acids is 1. The van der Waals surface area contributed by atoms with Gasteiger partial charge in [0.15, 0.2) is 0 Å². The number of hydrogen-bond donors (Lipinski definition) is 3. The quantitative estimate of drug-likeness (QED) is 0.587. The van der Waals surface area contributed by atoms with Crippen molar-refractivity contribution in [2.24, 2.45) is 0 Å². The van der Waals surface area contributed by atoms with Gasteiger partial charge in [0.2, 0.25) is 0 Å². The van der Waals surface area contributed by atoms with Gasteiger partial charge >= 0.3 is 12.0 Å². The van der Waals surface area contributed by atoms with Gasteiger partial charge < -0.3 is 20.6 Å². The number of nitrogens with zero attached hydrogens (tertiary/aromatic N) is 1. The number of piperidine rings is 1. The maximum atomic E-state index is 12.3. The van der Waals surface area contributed by atoms with E-state index >= 15 is 0 Å². The lowest BCUT2D eigenvalue weighted by Gasteiger charge is -2.32. The molecule has 1 heterocycles. The van der Waals surface area contributed by atoms with Crippen LogP contribution in [-0.4, -0.2) is 53.7 Å². The highest BCUT2D eigenvalue weighted by Gasteiger charge is 2.17. The second kappa shape index (κ2) is 11.6. The van der Waals surface area contributed by atoms with Gasteiger partial charge in [0.1, 0.15) is 0 Å². The average Bonchev–Trinajstić information content (AvgIpc) is 2.67. The van der Waals surface area contributed by atoms with Gasteiger partial charge in [0.05, 0.1) is 0 Å². The summed E-state index contributed by atoms with van der Waals surface area (Å²) in [5.41, 5.74) is 1.09. The first-order chi connectivity index (χ1) is 13.0. The van der Waals surface area contributed by atoms with Crippen molar-refractivity contribution in [3.05, 3.63) is 35.9 Å². The minimum absolute atomic E-state index is 0.0454. The molecule has 1 aliphatic heterocycles. The molecule has 6 nitrogen and oxygen atoms in total. The molecule has 2 rings (SSSR count). The zero-order valence-corrected chi connectivity index (χ0v) is 16.3. The molecule has 2 amide bonds. The smallest absolute Gasteiger partial charge is 0.315 e. The number of rotatable bonds is 10. The summed E-state index contributed by atoms with van der Waals surface area (Å²) in [7, 11) is 0. The molecule has 1 saturated heterocycles. The van der Waals surface area contributed by atoms with Gasteiger partial charge in [-0.3, -0.25) is 4.79 Å². The lowest BCUT2D eigenvalue weighted by molar-refractivity contribution is -0.137. The minimum atomic E-state index is -0.842. The van der Waals surface area contributed by atoms with Gasteiger partial charge in [0, 0.05) is 25.0 Å². The van der Waals surface area contributed by atoms with E-state index in [9.17, 15) is 9.59 Å². The normalized spacial score (nSPS) is 17.1. The predicted octanol–water partition coefficient (Wildman–Crippen LogP) is 3.03. The third-order valence-electron chi connectivity index (χ3n) is 5.23. The number of carboxylic acid groups (broad SMARTS) is 1. The summed E-state index contributed by atoms with van der Waals surface area (Å²) >= 11 is 0. The second-order valence-corrected chi connectivity index (χ2v) is 7.45. The maximum absolute atomic E-state index is 12.3. The monoisotopic (exact) mass is 375 g/mol. The van der Waals surface area contributed by atoms with Crippen LogP contribution in [0.4, 0.5) is 4.79 Å². The highest BCUT2D eigenvalue weighted by molar-refractivity contribution is 5.74. The van der Waals surface area contributed by atoms with Gasteiger partial charge in [-0.05, 0) is 57.7 Å². The fourth-order valence-electron chi connectivity index (χ4n) is 3.59. The van der Waals surface area contributed by atoms with E-state index in [1.807, 2.05) is 30.3 Å². The standard InChI is InChI=1S/C21H33N3O3/c1-17(24-14-6-3-7-15-24)12-13-22-21(27)23-19(10-11-20(25)26)16-18-8-4-2-5-9-18/h2,4-5,8-9,17,19H,3,6-7,10-16H2,1H3,(H,25,26)(H2,22,23,27). The maximum Gasteiger partial charge on any atom is 0.315 e. The molecule has 1 fully saturated rings. The number of urea groups is 1. The largest absolute Gasteiger partial charge is 0.481 e. The number of carboxylic acids is 1. The number of hydrogen-bond acceptors (Lipinski definition) is 3. The van der Waals surface area contributed by atoms with Crippen molar-refractivity contribution >= 4 is 12.0 Å². The fourth-order valence-corrected chi connectivity index (χ4v) is 3.59. The van der Waals surface area contributed by atoms with Crippen LogP contribution in [0.25, 0.3) is 0 Å². The van der Waals surface area contributed by atoms with Crippen molar-refractivity contribution in [2.45, 2.75) is 64.0 Å². The molecule has 0 aromatic heterocycles. The summed E-state index contributed by atoms with van der Waals surface area (Å²) in [6, 6.07) is 9.89. The van der Waals surface area contributed by atoms with E-state index in [0.29, 0.717) is 25.4 Å². The molecule has 1 aromatic carbocycles. The van der Waals surface area contributed by atoms with E-state index in [1.165, 1.54) is 19.3 Å². The Kier molecular flexibility index (Phi) is 9.11. The Morgan fingerprint density at radius 1 is 1.11 bits per heavy atom. The Labute approximate surface area is 162 Å². The van der Waals surface area contributed by atoms with Crippen molar-refractivity contribution in [1.82, 2.24) is 15.5 Å². The lowest BCUT2D eigenvalue weighted by Crippen LogP contribution is -2.45. The highest BCUT2D eigenvalue weighted by Crippen LogP contribution is 2.13. The van der Waals surface area contributed by atoms with Crippen molar-refractivity contribution in [1.29, 1.82) is 0 Å². The predicted molar refractivity (Wildman–Crippen MR) is 107 cm³/mol. The number of benzene rings is 1. The SMILES string of the molecule is CC(CCNC(=O)NC(CCC(=O)O)Cc1ccccc1)N1CCCCC1. The summed E-state index contributed by atoms with van der Waals surface area (Å²) in [6.45, 7) is 5.15. The Bertz CT molecular complexity index is 573. The average molecular weight is 376 g/mol. The Morgan fingerprint density at radius 3 is 2.48 bits per heavy atom. The molecule has 0 bridgehead atoms. The molecule has 2 atom stereocenters. The highest BCUT2D eigenvalue weighted by atomic mass is 16.4. The Hall–Kier alpha value is -2.08. The molecular formula is C21H33N3O3. The fraction of sp³-hybridized carbons (Fsp3) is 0.619. The molecule has 0 saturated carbocycles. The summed E-state index contributed by atoms with van der Waals surface area (Å²) < 4.78 is 0. The van der Waals surface area contributed by atoms with Crippen LogP contribution in [0.2, 0.25) is 0 Å². The zero-order chi connectivity index (χ0) is 19.5. The first-order valence-electron chi connectivity index (χ1n) is 10.1. The van der Waals surface area contributed by atoms with Crippen LogP contribution in [-0.2, 0) is 11.2 Å². The molecule has 2 unspecified atom stereocenters. The zero-order valence-electron chi connectivity index (χ0n) is 16.3. The van der Waals surface area contributed by atoms with Crippen LogP contribution >= 0.6 is 0 Å². The van der Waals surface area contributed by atoms with Crippen LogP contribution in [0, 0.1) is 0 Å². The van der Waals surface area contributed by atoms with Crippen LogP contribution in [0.3, 0.4) is 0 Å². The summed E-state index contributed by atoms with van der Waals surface area (Å²) in [5, 5.41) is 14.8. The first kappa shape index (κ1) is 21.2. The number of amides is 2. The third kappa shape index (κ3) is 8.43. The van der Waals surface area contributed by atoms with Gasteiger partial charge in [-0.15, -0.1) is 0 Å². The number of nitrogens with one attached hydrogen (secondary N) is 2. The number of likely N-dealkylation sites (tertiary alicyclic amines) is 1. The van der Waals surface area contributed by atoms with Gasteiger partial charge in [-0.1, -0.05) is 36.8 Å². The summed E-state index contributed by atoms with van der Waals surface area (Å²) in [4.78, 5) is 25.7. The summed E-state index contributed by atoms with van der Waals surface area (Å²) in [6.07, 6.45) is 5.87. The van der Waals surface area contributed by atoms with Crippen LogP contribution < -0.4 is 10.6 Å². The van der Waals surface area contributed by atoms with Crippen molar-refractivity contribution in [3.8, 4) is 0 Å². The van der Waals surface area contributed by atoms with E-state index in [-0.39, 0.29) is 18.5 Å². The molecule has 0 aliphatic carbocycles. The van der Waals surface area contributed by atoms with Crippen LogP contribution in [0.15, 0.2) is 30.3 Å². The topological polar surface area (TPSA) is 81.7 Å². The van der Waals surface area contributed by atoms with E-state index in [2.05, 4.69) is 22.5 Å². The Balaban J connectivity index is 1.75. The van der Waals surface area contributed by atoms with E-state index in [1.54, 1.807) is 0 Å². The first-order valence-corrected chi connectivity index (χ1v) is 10.1. The molecule has 3 N–H and O–H groups in total. The van der Waals surface area contributed by atoms with E-state index < -0.39 is 5.97 Å². The second-order valence-electron chi connectivity index (χ2n) is 7.45. The minimum Gasteiger partial charge on any atom is -0.481 e. The molecule has 1 aromatic rings. The van der Waals surface area contributed by atoms with Crippen LogP contribution in [0.5, 0.6) is 0 Å². The van der Waals surface area contributed by atoms with Gasteiger partial charge in [0.25, 0.3) is 0 Å². The number of carbonyl (C=O) groups is 2. The molecule has 1 aliphatic rings. The summed E-state index contributed by atoms with van der Waals surface area (Å²) in [5.74, 6) is -0.842. The molecule has 0 spiro atoms. The van der Waals surface area contributed by atoms with Crippen molar-refractivity contribution < 1.29 is 14.7 Å². The van der Waals surface area contributed by atoms with Gasteiger partial charge in [-0.2, -0.15) is 0 Å².